The standard InChI is InChI=1S/C21H30N2O/c1-7-16-10-15(13-22)8-9-17(16)21(5)11-14(2)19-18(12-21)20(3,4)24-23(19)6/h8-10,14,18-19H,7,11-12H2,1-6H3. The van der Waals surface area contributed by atoms with Gasteiger partial charge < -0.3 is 0 Å². The van der Waals surface area contributed by atoms with Crippen LogP contribution in [0.15, 0.2) is 18.2 Å². The van der Waals surface area contributed by atoms with Crippen LogP contribution in [0.1, 0.15) is 64.2 Å². The highest BCUT2D eigenvalue weighted by atomic mass is 16.7. The summed E-state index contributed by atoms with van der Waals surface area (Å²) in [6.45, 7) is 11.4. The van der Waals surface area contributed by atoms with Crippen molar-refractivity contribution >= 4 is 0 Å². The summed E-state index contributed by atoms with van der Waals surface area (Å²) in [4.78, 5) is 6.18. The Morgan fingerprint density at radius 2 is 2.00 bits per heavy atom. The summed E-state index contributed by atoms with van der Waals surface area (Å²) >= 11 is 0. The van der Waals surface area contributed by atoms with Crippen LogP contribution in [0.2, 0.25) is 0 Å². The van der Waals surface area contributed by atoms with Crippen LogP contribution in [0.4, 0.5) is 0 Å². The van der Waals surface area contributed by atoms with Crippen molar-refractivity contribution in [1.29, 1.82) is 5.26 Å². The second kappa shape index (κ2) is 5.86. The van der Waals surface area contributed by atoms with Crippen LogP contribution in [0, 0.1) is 23.2 Å². The van der Waals surface area contributed by atoms with Gasteiger partial charge in [-0.05, 0) is 67.7 Å². The van der Waals surface area contributed by atoms with E-state index in [1.807, 2.05) is 6.07 Å². The fourth-order valence-corrected chi connectivity index (χ4v) is 5.45. The molecule has 1 aromatic carbocycles. The molecule has 130 valence electrons. The minimum absolute atomic E-state index is 0.117. The fraction of sp³-hybridized carbons (Fsp3) is 0.667. The van der Waals surface area contributed by atoms with Gasteiger partial charge in [0.05, 0.1) is 17.2 Å². The van der Waals surface area contributed by atoms with Gasteiger partial charge in [-0.1, -0.05) is 26.8 Å². The van der Waals surface area contributed by atoms with Gasteiger partial charge in [-0.3, -0.25) is 4.84 Å². The van der Waals surface area contributed by atoms with E-state index < -0.39 is 0 Å². The van der Waals surface area contributed by atoms with E-state index in [-0.39, 0.29) is 11.0 Å². The SMILES string of the molecule is CCc1cc(C#N)ccc1C1(C)CC(C)C2C(C1)C(C)(C)ON2C. The van der Waals surface area contributed by atoms with Crippen LogP contribution < -0.4 is 0 Å². The fourth-order valence-electron chi connectivity index (χ4n) is 5.45. The van der Waals surface area contributed by atoms with E-state index in [2.05, 4.69) is 64.9 Å². The summed E-state index contributed by atoms with van der Waals surface area (Å²) in [6, 6.07) is 9.05. The summed E-state index contributed by atoms with van der Waals surface area (Å²) in [5.74, 6) is 1.11. The second-order valence-corrected chi connectivity index (χ2v) is 8.62. The van der Waals surface area contributed by atoms with E-state index >= 15 is 0 Å². The highest BCUT2D eigenvalue weighted by Gasteiger charge is 2.55. The molecule has 1 aliphatic heterocycles. The molecule has 2 fully saturated rings. The molecule has 1 aromatic rings. The first-order valence-corrected chi connectivity index (χ1v) is 9.17. The first kappa shape index (κ1) is 17.5. The highest BCUT2D eigenvalue weighted by molar-refractivity contribution is 5.42. The van der Waals surface area contributed by atoms with Gasteiger partial charge in [0.1, 0.15) is 0 Å². The molecule has 0 N–H and O–H groups in total. The summed E-state index contributed by atoms with van der Waals surface area (Å²) < 4.78 is 0. The Balaban J connectivity index is 2.02. The number of hydrogen-bond acceptors (Lipinski definition) is 3. The Bertz CT molecular complexity index is 675. The molecule has 0 aromatic heterocycles. The van der Waals surface area contributed by atoms with Gasteiger partial charge >= 0.3 is 0 Å². The van der Waals surface area contributed by atoms with Gasteiger partial charge in [-0.2, -0.15) is 10.3 Å². The zero-order valence-corrected chi connectivity index (χ0v) is 15.9. The van der Waals surface area contributed by atoms with Crippen LogP contribution in [0.25, 0.3) is 0 Å². The van der Waals surface area contributed by atoms with Crippen LogP contribution in [0.5, 0.6) is 0 Å². The molecular formula is C21H30N2O. The number of nitriles is 1. The minimum Gasteiger partial charge on any atom is -0.293 e. The van der Waals surface area contributed by atoms with Gasteiger partial charge in [-0.25, -0.2) is 0 Å². The largest absolute Gasteiger partial charge is 0.293 e. The average molecular weight is 326 g/mol. The zero-order chi connectivity index (χ0) is 17.7. The quantitative estimate of drug-likeness (QED) is 0.805. The van der Waals surface area contributed by atoms with Crippen LogP contribution >= 0.6 is 0 Å². The molecule has 1 saturated carbocycles. The summed E-state index contributed by atoms with van der Waals surface area (Å²) in [5.41, 5.74) is 3.55. The number of fused-ring (bicyclic) bond motifs is 1. The van der Waals surface area contributed by atoms with Gasteiger partial charge in [0.25, 0.3) is 0 Å². The van der Waals surface area contributed by atoms with Crippen molar-refractivity contribution in [3.8, 4) is 6.07 Å². The van der Waals surface area contributed by atoms with Crippen LogP contribution in [-0.4, -0.2) is 23.8 Å². The molecule has 1 aliphatic carbocycles. The number of aryl methyl sites for hydroxylation is 1. The monoisotopic (exact) mass is 326 g/mol. The lowest BCUT2D eigenvalue weighted by Gasteiger charge is -2.47. The summed E-state index contributed by atoms with van der Waals surface area (Å²) in [6.07, 6.45) is 3.28. The Morgan fingerprint density at radius 3 is 2.62 bits per heavy atom. The molecule has 2 aliphatic rings. The Hall–Kier alpha value is -1.37. The van der Waals surface area contributed by atoms with Crippen molar-refractivity contribution in [3.63, 3.8) is 0 Å². The summed E-state index contributed by atoms with van der Waals surface area (Å²) in [5, 5.41) is 11.3. The molecule has 0 spiro atoms. The van der Waals surface area contributed by atoms with Crippen molar-refractivity contribution in [2.75, 3.05) is 7.05 Å². The Kier molecular flexibility index (Phi) is 4.26. The molecule has 4 unspecified atom stereocenters. The van der Waals surface area contributed by atoms with Crippen LogP contribution in [-0.2, 0) is 16.7 Å². The molecule has 0 amide bonds. The smallest absolute Gasteiger partial charge is 0.0991 e. The molecule has 3 nitrogen and oxygen atoms in total. The number of hydrogen-bond donors (Lipinski definition) is 0. The van der Waals surface area contributed by atoms with Crippen molar-refractivity contribution < 1.29 is 4.84 Å². The maximum atomic E-state index is 9.21. The summed E-state index contributed by atoms with van der Waals surface area (Å²) in [7, 11) is 2.09. The van der Waals surface area contributed by atoms with Crippen molar-refractivity contribution in [3.05, 3.63) is 34.9 Å². The third-order valence-corrected chi connectivity index (χ3v) is 6.40. The van der Waals surface area contributed by atoms with E-state index in [4.69, 9.17) is 4.84 Å². The molecule has 24 heavy (non-hydrogen) atoms. The maximum Gasteiger partial charge on any atom is 0.0991 e. The predicted molar refractivity (Wildman–Crippen MR) is 96.5 cm³/mol. The molecule has 3 heteroatoms. The van der Waals surface area contributed by atoms with E-state index in [0.717, 1.165) is 24.8 Å². The lowest BCUT2D eigenvalue weighted by Crippen LogP contribution is -2.48. The molecule has 0 radical (unpaired) electrons. The number of rotatable bonds is 2. The second-order valence-electron chi connectivity index (χ2n) is 8.62. The lowest BCUT2D eigenvalue weighted by atomic mass is 9.58. The molecular weight excluding hydrogens is 296 g/mol. The predicted octanol–water partition coefficient (Wildman–Crippen LogP) is 4.45. The van der Waals surface area contributed by atoms with Crippen molar-refractivity contribution in [2.24, 2.45) is 11.8 Å². The normalized spacial score (nSPS) is 35.5. The lowest BCUT2D eigenvalue weighted by molar-refractivity contribution is -0.182. The molecule has 0 bridgehead atoms. The zero-order valence-electron chi connectivity index (χ0n) is 15.9. The van der Waals surface area contributed by atoms with E-state index in [1.54, 1.807) is 0 Å². The maximum absolute atomic E-state index is 9.21. The third-order valence-electron chi connectivity index (χ3n) is 6.40. The third kappa shape index (κ3) is 2.66. The van der Waals surface area contributed by atoms with Gasteiger partial charge in [-0.15, -0.1) is 0 Å². The minimum atomic E-state index is -0.117. The Labute approximate surface area is 146 Å². The molecule has 4 atom stereocenters. The van der Waals surface area contributed by atoms with Crippen LogP contribution in [0.3, 0.4) is 0 Å². The van der Waals surface area contributed by atoms with Crippen molar-refractivity contribution in [1.82, 2.24) is 5.06 Å². The topological polar surface area (TPSA) is 36.3 Å². The first-order valence-electron chi connectivity index (χ1n) is 9.17. The first-order chi connectivity index (χ1) is 11.2. The van der Waals surface area contributed by atoms with Gasteiger partial charge in [0.2, 0.25) is 0 Å². The van der Waals surface area contributed by atoms with Gasteiger partial charge in [0.15, 0.2) is 0 Å². The number of nitrogens with zero attached hydrogens (tertiary/aromatic N) is 2. The number of benzene rings is 1. The van der Waals surface area contributed by atoms with E-state index in [0.29, 0.717) is 17.9 Å². The molecule has 1 saturated heterocycles. The Morgan fingerprint density at radius 1 is 1.29 bits per heavy atom. The average Bonchev–Trinajstić information content (AvgIpc) is 2.75. The molecule has 3 rings (SSSR count). The molecule has 1 heterocycles. The highest BCUT2D eigenvalue weighted by Crippen LogP contribution is 2.53. The number of hydroxylamine groups is 2. The van der Waals surface area contributed by atoms with E-state index in [1.165, 1.54) is 11.1 Å². The van der Waals surface area contributed by atoms with Gasteiger partial charge in [0, 0.05) is 19.0 Å². The van der Waals surface area contributed by atoms with Crippen molar-refractivity contribution in [2.45, 2.75) is 70.9 Å². The van der Waals surface area contributed by atoms with E-state index in [9.17, 15) is 5.26 Å².